The average molecular weight is 567 g/mol. The lowest BCUT2D eigenvalue weighted by Crippen LogP contribution is -2.62. The smallest absolute Gasteiger partial charge is 0.246 e. The molecule has 2 fully saturated rings. The number of hydrogen-bond donors (Lipinski definition) is 0. The molecule has 0 spiro atoms. The van der Waals surface area contributed by atoms with Gasteiger partial charge in [-0.15, -0.1) is 0 Å². The van der Waals surface area contributed by atoms with Crippen LogP contribution in [0.25, 0.3) is 0 Å². The fraction of sp³-hybridized carbons (Fsp3) is 0.367. The Balaban J connectivity index is 1.39. The van der Waals surface area contributed by atoms with E-state index in [-0.39, 0.29) is 23.9 Å². The Morgan fingerprint density at radius 1 is 0.795 bits per heavy atom. The minimum atomic E-state index is -3.81. The van der Waals surface area contributed by atoms with Gasteiger partial charge in [0, 0.05) is 62.2 Å². The van der Waals surface area contributed by atoms with Gasteiger partial charge in [0.1, 0.15) is 6.04 Å². The van der Waals surface area contributed by atoms with Crippen molar-refractivity contribution in [2.75, 3.05) is 55.6 Å². The second kappa shape index (κ2) is 11.2. The van der Waals surface area contributed by atoms with E-state index in [4.69, 9.17) is 11.6 Å². The molecule has 1 amide bonds. The van der Waals surface area contributed by atoms with Crippen molar-refractivity contribution in [2.24, 2.45) is 0 Å². The minimum Gasteiger partial charge on any atom is -0.368 e. The number of piperazine rings is 2. The van der Waals surface area contributed by atoms with E-state index in [1.165, 1.54) is 27.2 Å². The van der Waals surface area contributed by atoms with E-state index >= 15 is 0 Å². The SMILES string of the molecule is Cc1ccc(C)c(N2CCN(C(=O)C3CN(S(=O)(=O)c4cccc(Cl)c4)CCN3c3ccccc3C)CC2)c1. The largest absolute Gasteiger partial charge is 0.368 e. The van der Waals surface area contributed by atoms with Gasteiger partial charge in [-0.3, -0.25) is 4.79 Å². The van der Waals surface area contributed by atoms with Crippen molar-refractivity contribution in [2.45, 2.75) is 31.7 Å². The number of anilines is 2. The van der Waals surface area contributed by atoms with E-state index < -0.39 is 16.1 Å². The zero-order valence-corrected chi connectivity index (χ0v) is 24.3. The van der Waals surface area contributed by atoms with Gasteiger partial charge in [0.05, 0.1) is 4.90 Å². The fourth-order valence-corrected chi connectivity index (χ4v) is 7.32. The van der Waals surface area contributed by atoms with Crippen LogP contribution in [-0.4, -0.2) is 75.4 Å². The fourth-order valence-electron chi connectivity index (χ4n) is 5.58. The van der Waals surface area contributed by atoms with Crippen LogP contribution >= 0.6 is 11.6 Å². The molecule has 2 heterocycles. The Morgan fingerprint density at radius 2 is 1.51 bits per heavy atom. The zero-order valence-electron chi connectivity index (χ0n) is 22.7. The second-order valence-electron chi connectivity index (χ2n) is 10.4. The molecule has 2 aliphatic rings. The number of aryl methyl sites for hydroxylation is 3. The first kappa shape index (κ1) is 27.5. The predicted molar refractivity (Wildman–Crippen MR) is 157 cm³/mol. The number of nitrogens with zero attached hydrogens (tertiary/aromatic N) is 4. The molecule has 3 aromatic rings. The number of benzene rings is 3. The minimum absolute atomic E-state index is 0.0372. The maximum atomic E-state index is 14.1. The molecular formula is C30H35ClN4O3S. The summed E-state index contributed by atoms with van der Waals surface area (Å²) in [7, 11) is -3.81. The topological polar surface area (TPSA) is 64.2 Å². The molecule has 0 aliphatic carbocycles. The van der Waals surface area contributed by atoms with Crippen LogP contribution in [0, 0.1) is 20.8 Å². The van der Waals surface area contributed by atoms with Crippen LogP contribution in [0.15, 0.2) is 71.6 Å². The summed E-state index contributed by atoms with van der Waals surface area (Å²) in [4.78, 5) is 20.6. The van der Waals surface area contributed by atoms with Gasteiger partial charge in [0.2, 0.25) is 15.9 Å². The quantitative estimate of drug-likeness (QED) is 0.455. The monoisotopic (exact) mass is 566 g/mol. The van der Waals surface area contributed by atoms with Crippen molar-refractivity contribution < 1.29 is 13.2 Å². The third kappa shape index (κ3) is 5.64. The lowest BCUT2D eigenvalue weighted by molar-refractivity contribution is -0.133. The van der Waals surface area contributed by atoms with Crippen molar-refractivity contribution in [1.29, 1.82) is 0 Å². The van der Waals surface area contributed by atoms with Crippen LogP contribution in [0.4, 0.5) is 11.4 Å². The van der Waals surface area contributed by atoms with Crippen molar-refractivity contribution >= 4 is 38.9 Å². The summed E-state index contributed by atoms with van der Waals surface area (Å²) in [5.74, 6) is -0.0372. The van der Waals surface area contributed by atoms with E-state index in [1.807, 2.05) is 36.1 Å². The van der Waals surface area contributed by atoms with Crippen LogP contribution < -0.4 is 9.80 Å². The first-order chi connectivity index (χ1) is 18.6. The molecule has 0 N–H and O–H groups in total. The number of amides is 1. The average Bonchev–Trinajstić information content (AvgIpc) is 2.94. The van der Waals surface area contributed by atoms with Gasteiger partial charge >= 0.3 is 0 Å². The molecule has 9 heteroatoms. The molecule has 206 valence electrons. The third-order valence-corrected chi connectivity index (χ3v) is 9.88. The van der Waals surface area contributed by atoms with E-state index in [1.54, 1.807) is 18.2 Å². The Bertz CT molecular complexity index is 1470. The van der Waals surface area contributed by atoms with Crippen LogP contribution in [0.5, 0.6) is 0 Å². The van der Waals surface area contributed by atoms with Gasteiger partial charge in [-0.2, -0.15) is 4.31 Å². The Kier molecular flexibility index (Phi) is 7.89. The van der Waals surface area contributed by atoms with Gasteiger partial charge in [0.25, 0.3) is 0 Å². The van der Waals surface area contributed by atoms with E-state index in [9.17, 15) is 13.2 Å². The number of halogens is 1. The normalized spacial score (nSPS) is 18.9. The maximum absolute atomic E-state index is 14.1. The molecule has 5 rings (SSSR count). The summed E-state index contributed by atoms with van der Waals surface area (Å²) in [6, 6.07) is 20.1. The number of sulfonamides is 1. The summed E-state index contributed by atoms with van der Waals surface area (Å²) >= 11 is 6.11. The summed E-state index contributed by atoms with van der Waals surface area (Å²) in [5.41, 5.74) is 5.66. The zero-order chi connectivity index (χ0) is 27.7. The number of para-hydroxylation sites is 1. The maximum Gasteiger partial charge on any atom is 0.246 e. The highest BCUT2D eigenvalue weighted by Gasteiger charge is 2.40. The van der Waals surface area contributed by atoms with Crippen LogP contribution in [0.3, 0.4) is 0 Å². The number of rotatable bonds is 5. The number of hydrogen-bond acceptors (Lipinski definition) is 5. The molecule has 3 aromatic carbocycles. The molecule has 1 unspecified atom stereocenters. The van der Waals surface area contributed by atoms with Crippen LogP contribution in [0.2, 0.25) is 5.02 Å². The van der Waals surface area contributed by atoms with Crippen LogP contribution in [0.1, 0.15) is 16.7 Å². The molecule has 0 radical (unpaired) electrons. The molecule has 0 aromatic heterocycles. The molecule has 7 nitrogen and oxygen atoms in total. The number of carbonyl (C=O) groups excluding carboxylic acids is 1. The Hall–Kier alpha value is -3.07. The predicted octanol–water partition coefficient (Wildman–Crippen LogP) is 4.49. The van der Waals surface area contributed by atoms with Crippen LogP contribution in [-0.2, 0) is 14.8 Å². The van der Waals surface area contributed by atoms with Crippen molar-refractivity contribution in [3.05, 3.63) is 88.4 Å². The van der Waals surface area contributed by atoms with E-state index in [0.29, 0.717) is 24.7 Å². The third-order valence-electron chi connectivity index (χ3n) is 7.78. The molecule has 2 saturated heterocycles. The molecule has 0 bridgehead atoms. The Labute approximate surface area is 236 Å². The highest BCUT2D eigenvalue weighted by molar-refractivity contribution is 7.89. The van der Waals surface area contributed by atoms with Crippen molar-refractivity contribution in [1.82, 2.24) is 9.21 Å². The molecule has 0 saturated carbocycles. The van der Waals surface area contributed by atoms with Crippen molar-refractivity contribution in [3.63, 3.8) is 0 Å². The lowest BCUT2D eigenvalue weighted by atomic mass is 10.1. The lowest BCUT2D eigenvalue weighted by Gasteiger charge is -2.45. The van der Waals surface area contributed by atoms with Crippen molar-refractivity contribution in [3.8, 4) is 0 Å². The summed E-state index contributed by atoms with van der Waals surface area (Å²) < 4.78 is 28.6. The highest BCUT2D eigenvalue weighted by Crippen LogP contribution is 2.29. The van der Waals surface area contributed by atoms with Gasteiger partial charge in [-0.25, -0.2) is 8.42 Å². The summed E-state index contributed by atoms with van der Waals surface area (Å²) in [6.45, 7) is 9.66. The summed E-state index contributed by atoms with van der Waals surface area (Å²) in [6.07, 6.45) is 0. The number of carbonyl (C=O) groups is 1. The van der Waals surface area contributed by atoms with Gasteiger partial charge < -0.3 is 14.7 Å². The first-order valence-electron chi connectivity index (χ1n) is 13.3. The van der Waals surface area contributed by atoms with E-state index in [2.05, 4.69) is 41.8 Å². The van der Waals surface area contributed by atoms with Gasteiger partial charge in [-0.05, 0) is 67.8 Å². The Morgan fingerprint density at radius 3 is 2.23 bits per heavy atom. The van der Waals surface area contributed by atoms with Gasteiger partial charge in [0.15, 0.2) is 0 Å². The standard InChI is InChI=1S/C30H35ClN4O3S/c1-22-11-12-24(3)28(19-22)32-13-15-33(16-14-32)30(36)29-21-34(39(37,38)26-9-6-8-25(31)20-26)17-18-35(29)27-10-5-4-7-23(27)2/h4-12,19-20,29H,13-18,21H2,1-3H3. The molecule has 1 atom stereocenters. The highest BCUT2D eigenvalue weighted by atomic mass is 35.5. The van der Waals surface area contributed by atoms with Gasteiger partial charge in [-0.1, -0.05) is 48.0 Å². The molecule has 2 aliphatic heterocycles. The molecular weight excluding hydrogens is 532 g/mol. The van der Waals surface area contributed by atoms with E-state index in [0.717, 1.165) is 24.3 Å². The second-order valence-corrected chi connectivity index (χ2v) is 12.8. The first-order valence-corrected chi connectivity index (χ1v) is 15.2. The molecule has 39 heavy (non-hydrogen) atoms. The summed E-state index contributed by atoms with van der Waals surface area (Å²) in [5, 5.41) is 0.365.